The molecule has 0 atom stereocenters. The fourth-order valence-corrected chi connectivity index (χ4v) is 4.75. The van der Waals surface area contributed by atoms with E-state index in [0.717, 1.165) is 32.5 Å². The standard InChI is InChI=1S/C19H29N3O3S/c1-20(2)26(23,24)22-13-10-19(11-14-22)17-21(15-16-25-19)12-6-9-18-7-4-3-5-8-18/h3-9H,10-17H2,1-2H3/b9-6+. The van der Waals surface area contributed by atoms with Crippen LogP contribution in [0, 0.1) is 0 Å². The number of ether oxygens (including phenoxy) is 1. The lowest BCUT2D eigenvalue weighted by Crippen LogP contribution is -2.58. The van der Waals surface area contributed by atoms with Crippen LogP contribution >= 0.6 is 0 Å². The van der Waals surface area contributed by atoms with Crippen molar-refractivity contribution in [3.05, 3.63) is 42.0 Å². The Hall–Kier alpha value is -1.25. The lowest BCUT2D eigenvalue weighted by atomic mass is 9.90. The van der Waals surface area contributed by atoms with Crippen molar-refractivity contribution in [3.63, 3.8) is 0 Å². The lowest BCUT2D eigenvalue weighted by Gasteiger charge is -2.47. The summed E-state index contributed by atoms with van der Waals surface area (Å²) >= 11 is 0. The zero-order chi connectivity index (χ0) is 18.6. The Morgan fingerprint density at radius 2 is 1.85 bits per heavy atom. The first kappa shape index (κ1) is 19.5. The van der Waals surface area contributed by atoms with E-state index in [1.807, 2.05) is 18.2 Å². The Balaban J connectivity index is 1.55. The molecule has 1 aromatic carbocycles. The predicted octanol–water partition coefficient (Wildman–Crippen LogP) is 1.67. The van der Waals surface area contributed by atoms with Crippen LogP contribution in [0.4, 0.5) is 0 Å². The van der Waals surface area contributed by atoms with Crippen LogP contribution in [0.1, 0.15) is 18.4 Å². The highest BCUT2D eigenvalue weighted by atomic mass is 32.2. The fraction of sp³-hybridized carbons (Fsp3) is 0.579. The summed E-state index contributed by atoms with van der Waals surface area (Å²) in [5.74, 6) is 0. The number of benzene rings is 1. The van der Waals surface area contributed by atoms with Gasteiger partial charge in [0.1, 0.15) is 0 Å². The van der Waals surface area contributed by atoms with Gasteiger partial charge in [-0.25, -0.2) is 0 Å². The molecule has 7 heteroatoms. The van der Waals surface area contributed by atoms with Crippen LogP contribution in [0.2, 0.25) is 0 Å². The van der Waals surface area contributed by atoms with Gasteiger partial charge >= 0.3 is 0 Å². The molecular formula is C19H29N3O3S. The van der Waals surface area contributed by atoms with Gasteiger partial charge in [0.15, 0.2) is 0 Å². The number of hydrogen-bond donors (Lipinski definition) is 0. The van der Waals surface area contributed by atoms with Crippen LogP contribution in [0.25, 0.3) is 6.08 Å². The third-order valence-electron chi connectivity index (χ3n) is 5.22. The third kappa shape index (κ3) is 4.53. The molecule has 1 aromatic rings. The average molecular weight is 380 g/mol. The van der Waals surface area contributed by atoms with Gasteiger partial charge in [-0.1, -0.05) is 42.5 Å². The normalized spacial score (nSPS) is 22.4. The van der Waals surface area contributed by atoms with Gasteiger partial charge < -0.3 is 4.74 Å². The van der Waals surface area contributed by atoms with Crippen molar-refractivity contribution in [1.82, 2.24) is 13.5 Å². The van der Waals surface area contributed by atoms with Crippen LogP contribution in [-0.2, 0) is 14.9 Å². The van der Waals surface area contributed by atoms with Crippen molar-refractivity contribution >= 4 is 16.3 Å². The molecule has 1 spiro atoms. The minimum atomic E-state index is -3.33. The van der Waals surface area contributed by atoms with Crippen LogP contribution < -0.4 is 0 Å². The van der Waals surface area contributed by atoms with Crippen molar-refractivity contribution in [2.24, 2.45) is 0 Å². The van der Waals surface area contributed by atoms with Crippen LogP contribution in [0.5, 0.6) is 0 Å². The van der Waals surface area contributed by atoms with Gasteiger partial charge in [-0.2, -0.15) is 17.0 Å². The number of morpholine rings is 1. The van der Waals surface area contributed by atoms with E-state index < -0.39 is 10.2 Å². The van der Waals surface area contributed by atoms with Gasteiger partial charge in [0.2, 0.25) is 0 Å². The average Bonchev–Trinajstić information content (AvgIpc) is 2.63. The molecule has 0 saturated carbocycles. The summed E-state index contributed by atoms with van der Waals surface area (Å²) in [6.45, 7) is 4.42. The first-order chi connectivity index (χ1) is 12.4. The molecule has 2 heterocycles. The first-order valence-electron chi connectivity index (χ1n) is 9.17. The van der Waals surface area contributed by atoms with E-state index in [1.54, 1.807) is 18.4 Å². The summed E-state index contributed by atoms with van der Waals surface area (Å²) < 4.78 is 33.5. The predicted molar refractivity (Wildman–Crippen MR) is 104 cm³/mol. The Morgan fingerprint density at radius 3 is 2.50 bits per heavy atom. The highest BCUT2D eigenvalue weighted by molar-refractivity contribution is 7.86. The molecule has 2 saturated heterocycles. The zero-order valence-corrected chi connectivity index (χ0v) is 16.5. The smallest absolute Gasteiger partial charge is 0.281 e. The molecule has 2 aliphatic heterocycles. The molecule has 3 rings (SSSR count). The summed E-state index contributed by atoms with van der Waals surface area (Å²) in [5.41, 5.74) is 0.995. The number of rotatable bonds is 5. The second kappa shape index (κ2) is 8.19. The fourth-order valence-electron chi connectivity index (χ4n) is 3.64. The van der Waals surface area contributed by atoms with E-state index in [9.17, 15) is 8.42 Å². The maximum absolute atomic E-state index is 12.3. The van der Waals surface area contributed by atoms with Crippen LogP contribution in [0.3, 0.4) is 0 Å². The van der Waals surface area contributed by atoms with Crippen molar-refractivity contribution in [2.45, 2.75) is 18.4 Å². The molecule has 0 amide bonds. The Morgan fingerprint density at radius 1 is 1.15 bits per heavy atom. The molecule has 26 heavy (non-hydrogen) atoms. The molecule has 0 radical (unpaired) electrons. The highest BCUT2D eigenvalue weighted by Crippen LogP contribution is 2.31. The summed E-state index contributed by atoms with van der Waals surface area (Å²) in [4.78, 5) is 2.40. The quantitative estimate of drug-likeness (QED) is 0.781. The van der Waals surface area contributed by atoms with E-state index >= 15 is 0 Å². The monoisotopic (exact) mass is 379 g/mol. The molecule has 0 aliphatic carbocycles. The minimum Gasteiger partial charge on any atom is -0.372 e. The van der Waals surface area contributed by atoms with Crippen molar-refractivity contribution in [3.8, 4) is 0 Å². The Labute approximate surface area is 157 Å². The molecule has 0 N–H and O–H groups in total. The molecule has 0 bridgehead atoms. The van der Waals surface area contributed by atoms with Crippen molar-refractivity contribution in [1.29, 1.82) is 0 Å². The summed E-state index contributed by atoms with van der Waals surface area (Å²) in [6.07, 6.45) is 5.84. The molecule has 2 aliphatic rings. The summed E-state index contributed by atoms with van der Waals surface area (Å²) in [5, 5.41) is 0. The zero-order valence-electron chi connectivity index (χ0n) is 15.7. The van der Waals surface area contributed by atoms with E-state index in [-0.39, 0.29) is 5.60 Å². The molecule has 6 nitrogen and oxygen atoms in total. The number of nitrogens with zero attached hydrogens (tertiary/aromatic N) is 3. The van der Waals surface area contributed by atoms with Crippen LogP contribution in [-0.4, -0.2) is 81.0 Å². The van der Waals surface area contributed by atoms with E-state index in [2.05, 4.69) is 29.2 Å². The lowest BCUT2D eigenvalue weighted by molar-refractivity contribution is -0.127. The number of piperidine rings is 1. The topological polar surface area (TPSA) is 53.1 Å². The van der Waals surface area contributed by atoms with Crippen LogP contribution in [0.15, 0.2) is 36.4 Å². The van der Waals surface area contributed by atoms with E-state index in [4.69, 9.17) is 4.74 Å². The second-order valence-corrected chi connectivity index (χ2v) is 9.41. The largest absolute Gasteiger partial charge is 0.372 e. The van der Waals surface area contributed by atoms with E-state index in [0.29, 0.717) is 19.7 Å². The second-order valence-electron chi connectivity index (χ2n) is 7.27. The Kier molecular flexibility index (Phi) is 6.14. The van der Waals surface area contributed by atoms with Gasteiger partial charge in [-0.15, -0.1) is 0 Å². The molecule has 2 fully saturated rings. The van der Waals surface area contributed by atoms with Gasteiger partial charge in [0.05, 0.1) is 12.2 Å². The summed E-state index contributed by atoms with van der Waals surface area (Å²) in [6, 6.07) is 10.3. The van der Waals surface area contributed by atoms with Gasteiger partial charge in [0.25, 0.3) is 10.2 Å². The Bertz CT molecular complexity index is 711. The number of hydrogen-bond acceptors (Lipinski definition) is 4. The molecule has 0 aromatic heterocycles. The van der Waals surface area contributed by atoms with Gasteiger partial charge in [-0.05, 0) is 18.4 Å². The SMILES string of the molecule is CN(C)S(=O)(=O)N1CCC2(CC1)CN(C/C=C/c1ccccc1)CCO2. The van der Waals surface area contributed by atoms with Gasteiger partial charge in [0, 0.05) is 46.8 Å². The van der Waals surface area contributed by atoms with E-state index in [1.165, 1.54) is 9.87 Å². The van der Waals surface area contributed by atoms with Gasteiger partial charge in [-0.3, -0.25) is 4.90 Å². The molecule has 144 valence electrons. The maximum Gasteiger partial charge on any atom is 0.281 e. The van der Waals surface area contributed by atoms with Crippen molar-refractivity contribution in [2.75, 3.05) is 53.4 Å². The van der Waals surface area contributed by atoms with Crippen molar-refractivity contribution < 1.29 is 13.2 Å². The minimum absolute atomic E-state index is 0.211. The molecular weight excluding hydrogens is 350 g/mol. The summed E-state index contributed by atoms with van der Waals surface area (Å²) in [7, 11) is -0.165. The third-order valence-corrected chi connectivity index (χ3v) is 7.16. The first-order valence-corrected chi connectivity index (χ1v) is 10.6. The maximum atomic E-state index is 12.3. The molecule has 0 unspecified atom stereocenters. The highest BCUT2D eigenvalue weighted by Gasteiger charge is 2.42.